The summed E-state index contributed by atoms with van der Waals surface area (Å²) in [4.78, 5) is 19.6. The van der Waals surface area contributed by atoms with E-state index in [9.17, 15) is 4.79 Å². The second kappa shape index (κ2) is 7.40. The minimum Gasteiger partial charge on any atom is -0.349 e. The van der Waals surface area contributed by atoms with Crippen molar-refractivity contribution in [3.8, 4) is 0 Å². The first kappa shape index (κ1) is 16.5. The van der Waals surface area contributed by atoms with Gasteiger partial charge < -0.3 is 10.2 Å². The predicted molar refractivity (Wildman–Crippen MR) is 93.2 cm³/mol. The maximum Gasteiger partial charge on any atom is 0.263 e. The number of amides is 1. The normalized spacial score (nSPS) is 12.0. The highest BCUT2D eigenvalue weighted by atomic mass is 32.1. The van der Waals surface area contributed by atoms with E-state index in [1.54, 1.807) is 0 Å². The van der Waals surface area contributed by atoms with E-state index in [0.29, 0.717) is 4.88 Å². The molecule has 0 fully saturated rings. The van der Waals surface area contributed by atoms with Gasteiger partial charge in [-0.15, -0.1) is 0 Å². The molecule has 4 nitrogen and oxygen atoms in total. The van der Waals surface area contributed by atoms with Crippen LogP contribution in [0.2, 0.25) is 0 Å². The minimum absolute atomic E-state index is 0.0244. The lowest BCUT2D eigenvalue weighted by molar-refractivity contribution is 0.0941. The molecule has 0 aliphatic heterocycles. The summed E-state index contributed by atoms with van der Waals surface area (Å²) >= 11 is 1.43. The number of rotatable bonds is 6. The van der Waals surface area contributed by atoms with Gasteiger partial charge in [-0.3, -0.25) is 4.79 Å². The number of carbonyl (C=O) groups is 1. The average molecular weight is 317 g/mol. The van der Waals surface area contributed by atoms with E-state index < -0.39 is 0 Å². The van der Waals surface area contributed by atoms with Crippen molar-refractivity contribution in [3.63, 3.8) is 0 Å². The first-order valence-corrected chi connectivity index (χ1v) is 8.41. The second-order valence-corrected chi connectivity index (χ2v) is 6.45. The fourth-order valence-electron chi connectivity index (χ4n) is 2.29. The van der Waals surface area contributed by atoms with Gasteiger partial charge >= 0.3 is 0 Å². The molecule has 1 unspecified atom stereocenters. The van der Waals surface area contributed by atoms with Gasteiger partial charge in [0.15, 0.2) is 5.13 Å². The van der Waals surface area contributed by atoms with Crippen LogP contribution in [0.1, 0.15) is 42.1 Å². The Morgan fingerprint density at radius 3 is 2.68 bits per heavy atom. The number of aryl methyl sites for hydroxylation is 1. The van der Waals surface area contributed by atoms with E-state index in [4.69, 9.17) is 0 Å². The first-order valence-electron chi connectivity index (χ1n) is 7.60. The average Bonchev–Trinajstić information content (AvgIpc) is 2.89. The molecule has 0 aliphatic rings. The molecule has 0 aliphatic carbocycles. The number of nitrogens with one attached hydrogen (secondary N) is 1. The Morgan fingerprint density at radius 1 is 1.36 bits per heavy atom. The van der Waals surface area contributed by atoms with E-state index >= 15 is 0 Å². The second-order valence-electron chi connectivity index (χ2n) is 5.47. The third-order valence-electron chi connectivity index (χ3n) is 3.52. The molecule has 22 heavy (non-hydrogen) atoms. The summed E-state index contributed by atoms with van der Waals surface area (Å²) in [6, 6.07) is 10.2. The molecule has 5 heteroatoms. The van der Waals surface area contributed by atoms with Gasteiger partial charge in [-0.1, -0.05) is 42.9 Å². The highest BCUT2D eigenvalue weighted by Crippen LogP contribution is 2.30. The largest absolute Gasteiger partial charge is 0.349 e. The summed E-state index contributed by atoms with van der Waals surface area (Å²) in [7, 11) is 1.97. The summed E-state index contributed by atoms with van der Waals surface area (Å²) < 4.78 is 0. The van der Waals surface area contributed by atoms with Crippen molar-refractivity contribution in [2.75, 3.05) is 11.9 Å². The van der Waals surface area contributed by atoms with Crippen LogP contribution in [-0.4, -0.2) is 24.0 Å². The molecule has 2 rings (SSSR count). The molecule has 1 aromatic carbocycles. The molecule has 2 aromatic rings. The molecule has 0 saturated carbocycles. The van der Waals surface area contributed by atoms with Crippen LogP contribution in [-0.2, 0) is 0 Å². The van der Waals surface area contributed by atoms with Crippen molar-refractivity contribution in [1.29, 1.82) is 0 Å². The Labute approximate surface area is 136 Å². The van der Waals surface area contributed by atoms with Crippen molar-refractivity contribution in [3.05, 3.63) is 40.9 Å². The van der Waals surface area contributed by atoms with Crippen molar-refractivity contribution in [2.45, 2.75) is 39.7 Å². The summed E-state index contributed by atoms with van der Waals surface area (Å²) in [5.41, 5.74) is 1.84. The molecule has 0 spiro atoms. The number of anilines is 2. The van der Waals surface area contributed by atoms with Gasteiger partial charge in [0, 0.05) is 18.8 Å². The van der Waals surface area contributed by atoms with Crippen LogP contribution in [0, 0.1) is 6.92 Å². The van der Waals surface area contributed by atoms with Crippen LogP contribution in [0.5, 0.6) is 0 Å². The third kappa shape index (κ3) is 3.85. The number of para-hydroxylation sites is 1. The zero-order valence-electron chi connectivity index (χ0n) is 13.6. The number of hydrogen-bond donors (Lipinski definition) is 1. The molecular formula is C17H23N3OS. The molecule has 1 N–H and O–H groups in total. The first-order chi connectivity index (χ1) is 10.5. The van der Waals surface area contributed by atoms with Crippen LogP contribution in [0.3, 0.4) is 0 Å². The quantitative estimate of drug-likeness (QED) is 0.871. The smallest absolute Gasteiger partial charge is 0.263 e. The van der Waals surface area contributed by atoms with Crippen LogP contribution in [0.15, 0.2) is 30.3 Å². The lowest BCUT2D eigenvalue weighted by Crippen LogP contribution is -2.32. The van der Waals surface area contributed by atoms with Crippen LogP contribution in [0.4, 0.5) is 10.8 Å². The number of thiazole rings is 1. The van der Waals surface area contributed by atoms with E-state index in [1.165, 1.54) is 11.3 Å². The van der Waals surface area contributed by atoms with Gasteiger partial charge in [0.05, 0.1) is 5.69 Å². The Bertz CT molecular complexity index is 624. The molecule has 1 atom stereocenters. The number of nitrogens with zero attached hydrogens (tertiary/aromatic N) is 2. The fraction of sp³-hybridized carbons (Fsp3) is 0.412. The molecule has 1 heterocycles. The Balaban J connectivity index is 2.16. The zero-order chi connectivity index (χ0) is 16.1. The van der Waals surface area contributed by atoms with Gasteiger partial charge in [0.25, 0.3) is 5.91 Å². The monoisotopic (exact) mass is 317 g/mol. The minimum atomic E-state index is -0.0244. The molecule has 0 radical (unpaired) electrons. The van der Waals surface area contributed by atoms with Crippen molar-refractivity contribution in [1.82, 2.24) is 10.3 Å². The fourth-order valence-corrected chi connectivity index (χ4v) is 3.25. The zero-order valence-corrected chi connectivity index (χ0v) is 14.4. The number of hydrogen-bond acceptors (Lipinski definition) is 4. The number of carbonyl (C=O) groups excluding carboxylic acids is 1. The lowest BCUT2D eigenvalue weighted by Gasteiger charge is -2.15. The maximum atomic E-state index is 12.4. The third-order valence-corrected chi connectivity index (χ3v) is 4.75. The van der Waals surface area contributed by atoms with Crippen LogP contribution in [0.25, 0.3) is 0 Å². The number of aromatic nitrogens is 1. The summed E-state index contributed by atoms with van der Waals surface area (Å²) in [6.07, 6.45) is 2.05. The molecular weight excluding hydrogens is 294 g/mol. The lowest BCUT2D eigenvalue weighted by atomic mass is 10.2. The number of benzene rings is 1. The molecule has 0 bridgehead atoms. The van der Waals surface area contributed by atoms with E-state index in [1.807, 2.05) is 56.1 Å². The highest BCUT2D eigenvalue weighted by Gasteiger charge is 2.19. The Kier molecular flexibility index (Phi) is 5.55. The van der Waals surface area contributed by atoms with Gasteiger partial charge in [0.2, 0.25) is 0 Å². The van der Waals surface area contributed by atoms with E-state index in [-0.39, 0.29) is 11.9 Å². The topological polar surface area (TPSA) is 45.2 Å². The highest BCUT2D eigenvalue weighted by molar-refractivity contribution is 7.17. The van der Waals surface area contributed by atoms with Crippen molar-refractivity contribution in [2.24, 2.45) is 0 Å². The predicted octanol–water partition coefficient (Wildman–Crippen LogP) is 4.14. The summed E-state index contributed by atoms with van der Waals surface area (Å²) in [6.45, 7) is 6.04. The van der Waals surface area contributed by atoms with E-state index in [2.05, 4.69) is 17.2 Å². The molecule has 118 valence electrons. The van der Waals surface area contributed by atoms with Gasteiger partial charge in [-0.2, -0.15) is 0 Å². The summed E-state index contributed by atoms with van der Waals surface area (Å²) in [5.74, 6) is -0.0244. The summed E-state index contributed by atoms with van der Waals surface area (Å²) in [5, 5.41) is 3.87. The Hall–Kier alpha value is -1.88. The molecule has 1 aromatic heterocycles. The van der Waals surface area contributed by atoms with Crippen LogP contribution < -0.4 is 10.2 Å². The van der Waals surface area contributed by atoms with Crippen LogP contribution >= 0.6 is 11.3 Å². The standard InChI is InChI=1S/C17H23N3OS/c1-5-9-12(2)18-16(21)15-13(3)19-17(22-15)20(4)14-10-7-6-8-11-14/h6-8,10-12H,5,9H2,1-4H3,(H,18,21). The van der Waals surface area contributed by atoms with E-state index in [0.717, 1.165) is 29.4 Å². The van der Waals surface area contributed by atoms with Crippen molar-refractivity contribution >= 4 is 28.1 Å². The Morgan fingerprint density at radius 2 is 2.05 bits per heavy atom. The molecule has 1 amide bonds. The van der Waals surface area contributed by atoms with Gasteiger partial charge in [-0.05, 0) is 32.4 Å². The van der Waals surface area contributed by atoms with Crippen molar-refractivity contribution < 1.29 is 4.79 Å². The SMILES string of the molecule is CCCC(C)NC(=O)c1sc(N(C)c2ccccc2)nc1C. The van der Waals surface area contributed by atoms with Gasteiger partial charge in [-0.25, -0.2) is 4.98 Å². The molecule has 0 saturated heterocycles. The maximum absolute atomic E-state index is 12.4. The van der Waals surface area contributed by atoms with Gasteiger partial charge in [0.1, 0.15) is 4.88 Å².